The van der Waals surface area contributed by atoms with Crippen molar-refractivity contribution >= 4 is 28.2 Å². The second kappa shape index (κ2) is 6.61. The lowest BCUT2D eigenvalue weighted by Crippen LogP contribution is -2.34. The van der Waals surface area contributed by atoms with Crippen molar-refractivity contribution in [3.8, 4) is 0 Å². The number of hydrogen-bond donors (Lipinski definition) is 2. The first kappa shape index (κ1) is 17.9. The molecule has 23 heavy (non-hydrogen) atoms. The van der Waals surface area contributed by atoms with Crippen LogP contribution in [0.15, 0.2) is 6.07 Å². The van der Waals surface area contributed by atoms with E-state index < -0.39 is 5.41 Å². The minimum atomic E-state index is -0.458. The number of thiophene rings is 1. The van der Waals surface area contributed by atoms with Gasteiger partial charge in [0.1, 0.15) is 0 Å². The number of carbonyl (C=O) groups is 2. The van der Waals surface area contributed by atoms with Gasteiger partial charge in [-0.25, -0.2) is 0 Å². The normalized spacial score (nSPS) is 21.6. The van der Waals surface area contributed by atoms with E-state index in [1.165, 1.54) is 11.3 Å². The minimum Gasteiger partial charge on any atom is -0.335 e. The molecule has 0 aliphatic carbocycles. The Hall–Kier alpha value is -1.40. The number of nitrogens with two attached hydrogens (primary N) is 1. The molecule has 2 unspecified atom stereocenters. The first-order valence-electron chi connectivity index (χ1n) is 8.06. The van der Waals surface area contributed by atoms with Gasteiger partial charge in [0.2, 0.25) is 5.91 Å². The van der Waals surface area contributed by atoms with E-state index in [1.807, 2.05) is 38.7 Å². The van der Waals surface area contributed by atoms with Gasteiger partial charge < -0.3 is 16.0 Å². The number of aryl methyl sites for hydroxylation is 1. The summed E-state index contributed by atoms with van der Waals surface area (Å²) in [5.41, 5.74) is 6.20. The van der Waals surface area contributed by atoms with E-state index in [-0.39, 0.29) is 17.9 Å². The second-order valence-electron chi connectivity index (χ2n) is 7.47. The predicted molar refractivity (Wildman–Crippen MR) is 94.8 cm³/mol. The van der Waals surface area contributed by atoms with Gasteiger partial charge in [0, 0.05) is 18.0 Å². The van der Waals surface area contributed by atoms with Crippen LogP contribution in [-0.2, 0) is 4.79 Å². The Morgan fingerprint density at radius 3 is 2.61 bits per heavy atom. The fraction of sp³-hybridized carbons (Fsp3) is 0.647. The molecule has 0 bridgehead atoms. The van der Waals surface area contributed by atoms with Crippen LogP contribution >= 0.6 is 11.3 Å². The number of anilines is 1. The van der Waals surface area contributed by atoms with Gasteiger partial charge in [0.25, 0.3) is 5.91 Å². The fourth-order valence-electron chi connectivity index (χ4n) is 2.78. The monoisotopic (exact) mass is 337 g/mol. The van der Waals surface area contributed by atoms with E-state index >= 15 is 0 Å². The standard InChI is InChI=1S/C17H27N3O2S/c1-10-6-13(19-16(22)17(3,4)5)23-14(10)15(21)20-9-12(8-18)7-11(20)2/h6,11-12H,7-9,18H2,1-5H3,(H,19,22). The maximum absolute atomic E-state index is 12.8. The van der Waals surface area contributed by atoms with Crippen molar-refractivity contribution < 1.29 is 9.59 Å². The van der Waals surface area contributed by atoms with Crippen LogP contribution in [0.3, 0.4) is 0 Å². The Bertz CT molecular complexity index is 603. The van der Waals surface area contributed by atoms with Gasteiger partial charge in [-0.05, 0) is 44.4 Å². The molecule has 1 aromatic heterocycles. The molecule has 1 saturated heterocycles. The molecule has 2 heterocycles. The Balaban J connectivity index is 2.15. The van der Waals surface area contributed by atoms with Crippen LogP contribution in [0, 0.1) is 18.3 Å². The maximum atomic E-state index is 12.8. The molecular weight excluding hydrogens is 310 g/mol. The van der Waals surface area contributed by atoms with Gasteiger partial charge in [0.05, 0.1) is 9.88 Å². The molecule has 6 heteroatoms. The van der Waals surface area contributed by atoms with Crippen molar-refractivity contribution in [1.82, 2.24) is 4.90 Å². The van der Waals surface area contributed by atoms with E-state index in [2.05, 4.69) is 12.2 Å². The summed E-state index contributed by atoms with van der Waals surface area (Å²) in [5.74, 6) is 0.386. The molecule has 0 radical (unpaired) electrons. The molecule has 5 nitrogen and oxygen atoms in total. The third-order valence-corrected chi connectivity index (χ3v) is 5.43. The van der Waals surface area contributed by atoms with Gasteiger partial charge in [0.15, 0.2) is 0 Å². The predicted octanol–water partition coefficient (Wildman–Crippen LogP) is 2.85. The zero-order valence-electron chi connectivity index (χ0n) is 14.6. The van der Waals surface area contributed by atoms with Crippen LogP contribution in [0.5, 0.6) is 0 Å². The average molecular weight is 337 g/mol. The summed E-state index contributed by atoms with van der Waals surface area (Å²) in [7, 11) is 0. The fourth-order valence-corrected chi connectivity index (χ4v) is 3.81. The molecule has 2 rings (SSSR count). The molecule has 0 saturated carbocycles. The number of nitrogens with one attached hydrogen (secondary N) is 1. The molecule has 1 aliphatic heterocycles. The third kappa shape index (κ3) is 3.93. The van der Waals surface area contributed by atoms with Crippen LogP contribution in [-0.4, -0.2) is 35.8 Å². The molecule has 1 aromatic rings. The Labute approximate surface area is 142 Å². The van der Waals surface area contributed by atoms with Crippen LogP contribution in [0.1, 0.15) is 49.4 Å². The summed E-state index contributed by atoms with van der Waals surface area (Å²) in [6.45, 7) is 10.9. The number of nitrogens with zero attached hydrogens (tertiary/aromatic N) is 1. The summed E-state index contributed by atoms with van der Waals surface area (Å²) in [4.78, 5) is 27.5. The molecule has 128 valence electrons. The first-order chi connectivity index (χ1) is 10.6. The van der Waals surface area contributed by atoms with Crippen molar-refractivity contribution in [3.63, 3.8) is 0 Å². The molecule has 0 spiro atoms. The highest BCUT2D eigenvalue weighted by Gasteiger charge is 2.33. The minimum absolute atomic E-state index is 0.0458. The molecular formula is C17H27N3O2S. The van der Waals surface area contributed by atoms with Crippen LogP contribution in [0.25, 0.3) is 0 Å². The lowest BCUT2D eigenvalue weighted by molar-refractivity contribution is -0.123. The molecule has 2 atom stereocenters. The summed E-state index contributed by atoms with van der Waals surface area (Å²) < 4.78 is 0. The van der Waals surface area contributed by atoms with Crippen molar-refractivity contribution in [1.29, 1.82) is 0 Å². The number of rotatable bonds is 3. The summed E-state index contributed by atoms with van der Waals surface area (Å²) in [5, 5.41) is 3.64. The molecule has 1 fully saturated rings. The highest BCUT2D eigenvalue weighted by molar-refractivity contribution is 7.18. The summed E-state index contributed by atoms with van der Waals surface area (Å²) >= 11 is 1.36. The lowest BCUT2D eigenvalue weighted by Gasteiger charge is -2.21. The Morgan fingerprint density at radius 1 is 1.43 bits per heavy atom. The first-order valence-corrected chi connectivity index (χ1v) is 8.88. The van der Waals surface area contributed by atoms with Crippen molar-refractivity contribution in [2.45, 2.75) is 47.1 Å². The number of hydrogen-bond acceptors (Lipinski definition) is 4. The van der Waals surface area contributed by atoms with Crippen molar-refractivity contribution in [2.24, 2.45) is 17.1 Å². The molecule has 1 aliphatic rings. The third-order valence-electron chi connectivity index (χ3n) is 4.29. The number of amides is 2. The average Bonchev–Trinajstić information content (AvgIpc) is 3.00. The van der Waals surface area contributed by atoms with E-state index in [4.69, 9.17) is 5.73 Å². The Morgan fingerprint density at radius 2 is 2.09 bits per heavy atom. The van der Waals surface area contributed by atoms with E-state index in [9.17, 15) is 9.59 Å². The van der Waals surface area contributed by atoms with Gasteiger partial charge >= 0.3 is 0 Å². The number of carbonyl (C=O) groups excluding carboxylic acids is 2. The van der Waals surface area contributed by atoms with Crippen molar-refractivity contribution in [3.05, 3.63) is 16.5 Å². The van der Waals surface area contributed by atoms with Crippen molar-refractivity contribution in [2.75, 3.05) is 18.4 Å². The van der Waals surface area contributed by atoms with E-state index in [1.54, 1.807) is 0 Å². The SMILES string of the molecule is Cc1cc(NC(=O)C(C)(C)C)sc1C(=O)N1CC(CN)CC1C. The quantitative estimate of drug-likeness (QED) is 0.890. The zero-order chi connectivity index (χ0) is 17.4. The molecule has 0 aromatic carbocycles. The highest BCUT2D eigenvalue weighted by Crippen LogP contribution is 2.32. The summed E-state index contributed by atoms with van der Waals surface area (Å²) in [6.07, 6.45) is 0.959. The Kier molecular flexibility index (Phi) is 5.16. The smallest absolute Gasteiger partial charge is 0.264 e. The number of likely N-dealkylation sites (tertiary alicyclic amines) is 1. The van der Waals surface area contributed by atoms with Gasteiger partial charge in [-0.3, -0.25) is 9.59 Å². The lowest BCUT2D eigenvalue weighted by atomic mass is 9.96. The summed E-state index contributed by atoms with van der Waals surface area (Å²) in [6, 6.07) is 2.09. The van der Waals surface area contributed by atoms with Crippen LogP contribution in [0.4, 0.5) is 5.00 Å². The van der Waals surface area contributed by atoms with Gasteiger partial charge in [-0.1, -0.05) is 20.8 Å². The van der Waals surface area contributed by atoms with E-state index in [0.717, 1.165) is 23.5 Å². The second-order valence-corrected chi connectivity index (χ2v) is 8.52. The van der Waals surface area contributed by atoms with Crippen LogP contribution < -0.4 is 11.1 Å². The largest absolute Gasteiger partial charge is 0.335 e. The van der Waals surface area contributed by atoms with Gasteiger partial charge in [-0.15, -0.1) is 11.3 Å². The zero-order valence-corrected chi connectivity index (χ0v) is 15.4. The maximum Gasteiger partial charge on any atom is 0.264 e. The molecule has 3 N–H and O–H groups in total. The highest BCUT2D eigenvalue weighted by atomic mass is 32.1. The van der Waals surface area contributed by atoms with Gasteiger partial charge in [-0.2, -0.15) is 0 Å². The van der Waals surface area contributed by atoms with Crippen LogP contribution in [0.2, 0.25) is 0 Å². The topological polar surface area (TPSA) is 75.4 Å². The molecule has 2 amide bonds. The van der Waals surface area contributed by atoms with E-state index in [0.29, 0.717) is 17.3 Å².